The van der Waals surface area contributed by atoms with Gasteiger partial charge >= 0.3 is 11.9 Å². The molecule has 1 aromatic carbocycles. The van der Waals surface area contributed by atoms with E-state index >= 15 is 0 Å². The van der Waals surface area contributed by atoms with E-state index in [0.29, 0.717) is 5.92 Å². The maximum atomic E-state index is 10.9. The predicted octanol–water partition coefficient (Wildman–Crippen LogP) is 2.35. The molecule has 0 aliphatic heterocycles. The quantitative estimate of drug-likeness (QED) is 0.819. The summed E-state index contributed by atoms with van der Waals surface area (Å²) in [6, 6.07) is 4.61. The third-order valence-corrected chi connectivity index (χ3v) is 3.08. The third kappa shape index (κ3) is 1.78. The smallest absolute Gasteiger partial charge is 0.336 e. The molecule has 4 nitrogen and oxygen atoms in total. The van der Waals surface area contributed by atoms with E-state index in [0.717, 1.165) is 24.8 Å². The van der Waals surface area contributed by atoms with E-state index in [1.807, 2.05) is 0 Å². The van der Waals surface area contributed by atoms with Crippen LogP contribution in [0.25, 0.3) is 0 Å². The molecule has 2 rings (SSSR count). The zero-order chi connectivity index (χ0) is 11.7. The maximum Gasteiger partial charge on any atom is 0.336 e. The largest absolute Gasteiger partial charge is 0.478 e. The maximum absolute atomic E-state index is 10.9. The number of carboxylic acids is 2. The second-order valence-corrected chi connectivity index (χ2v) is 4.04. The zero-order valence-electron chi connectivity index (χ0n) is 8.64. The van der Waals surface area contributed by atoms with Gasteiger partial charge in [0.2, 0.25) is 0 Å². The van der Waals surface area contributed by atoms with Crippen LogP contribution in [0, 0.1) is 0 Å². The number of aromatic carboxylic acids is 2. The monoisotopic (exact) mass is 220 g/mol. The molecule has 0 atom stereocenters. The molecule has 0 heterocycles. The van der Waals surface area contributed by atoms with Gasteiger partial charge in [0.15, 0.2) is 0 Å². The zero-order valence-corrected chi connectivity index (χ0v) is 8.64. The SMILES string of the molecule is O=C(O)c1ccc(C2CCC2)cc1C(=O)O. The first-order valence-corrected chi connectivity index (χ1v) is 5.20. The van der Waals surface area contributed by atoms with Gasteiger partial charge in [0.05, 0.1) is 11.1 Å². The highest BCUT2D eigenvalue weighted by molar-refractivity contribution is 6.01. The van der Waals surface area contributed by atoms with Crippen molar-refractivity contribution in [2.75, 3.05) is 0 Å². The van der Waals surface area contributed by atoms with Crippen LogP contribution in [0.5, 0.6) is 0 Å². The number of hydrogen-bond acceptors (Lipinski definition) is 2. The van der Waals surface area contributed by atoms with Crippen molar-refractivity contribution >= 4 is 11.9 Å². The van der Waals surface area contributed by atoms with Gasteiger partial charge < -0.3 is 10.2 Å². The minimum atomic E-state index is -1.20. The van der Waals surface area contributed by atoms with E-state index in [2.05, 4.69) is 0 Å². The fraction of sp³-hybridized carbons (Fsp3) is 0.333. The molecule has 1 fully saturated rings. The third-order valence-electron chi connectivity index (χ3n) is 3.08. The van der Waals surface area contributed by atoms with Crippen LogP contribution in [0.15, 0.2) is 18.2 Å². The summed E-state index contributed by atoms with van der Waals surface area (Å²) in [5, 5.41) is 17.8. The lowest BCUT2D eigenvalue weighted by Crippen LogP contribution is -2.13. The molecule has 0 radical (unpaired) electrons. The molecule has 1 aromatic rings. The molecule has 1 aliphatic carbocycles. The van der Waals surface area contributed by atoms with E-state index in [-0.39, 0.29) is 11.1 Å². The number of rotatable bonds is 3. The molecule has 0 saturated heterocycles. The van der Waals surface area contributed by atoms with Crippen LogP contribution in [-0.2, 0) is 0 Å². The Morgan fingerprint density at radius 2 is 1.69 bits per heavy atom. The van der Waals surface area contributed by atoms with Crippen LogP contribution in [0.1, 0.15) is 51.5 Å². The van der Waals surface area contributed by atoms with Crippen LogP contribution in [0.4, 0.5) is 0 Å². The number of carboxylic acid groups (broad SMARTS) is 2. The minimum Gasteiger partial charge on any atom is -0.478 e. The van der Waals surface area contributed by atoms with Crippen molar-refractivity contribution in [3.05, 3.63) is 34.9 Å². The van der Waals surface area contributed by atoms with Crippen molar-refractivity contribution < 1.29 is 19.8 Å². The molecular weight excluding hydrogens is 208 g/mol. The highest BCUT2D eigenvalue weighted by Crippen LogP contribution is 2.36. The molecule has 1 aliphatic rings. The molecule has 84 valence electrons. The number of benzene rings is 1. The summed E-state index contributed by atoms with van der Waals surface area (Å²) >= 11 is 0. The predicted molar refractivity (Wildman–Crippen MR) is 57.0 cm³/mol. The lowest BCUT2D eigenvalue weighted by Gasteiger charge is -2.26. The Bertz CT molecular complexity index is 446. The van der Waals surface area contributed by atoms with Crippen LogP contribution in [0.2, 0.25) is 0 Å². The van der Waals surface area contributed by atoms with E-state index in [1.54, 1.807) is 6.07 Å². The number of carbonyl (C=O) groups is 2. The molecular formula is C12H12O4. The average molecular weight is 220 g/mol. The van der Waals surface area contributed by atoms with E-state index in [4.69, 9.17) is 10.2 Å². The molecule has 0 bridgehead atoms. The Kier molecular flexibility index (Phi) is 2.64. The van der Waals surface area contributed by atoms with Crippen LogP contribution in [0.3, 0.4) is 0 Å². The highest BCUT2D eigenvalue weighted by Gasteiger charge is 2.23. The van der Waals surface area contributed by atoms with Crippen molar-refractivity contribution in [3.63, 3.8) is 0 Å². The van der Waals surface area contributed by atoms with Gasteiger partial charge in [-0.15, -0.1) is 0 Å². The Balaban J connectivity index is 2.42. The normalized spacial score (nSPS) is 15.5. The summed E-state index contributed by atoms with van der Waals surface area (Å²) in [4.78, 5) is 21.8. The van der Waals surface area contributed by atoms with E-state index in [9.17, 15) is 9.59 Å². The van der Waals surface area contributed by atoms with Gasteiger partial charge in [-0.25, -0.2) is 9.59 Å². The van der Waals surface area contributed by atoms with Gasteiger partial charge in [-0.3, -0.25) is 0 Å². The fourth-order valence-electron chi connectivity index (χ4n) is 1.92. The Hall–Kier alpha value is -1.84. The van der Waals surface area contributed by atoms with Crippen molar-refractivity contribution in [1.29, 1.82) is 0 Å². The molecule has 4 heteroatoms. The average Bonchev–Trinajstić information content (AvgIpc) is 2.14. The van der Waals surface area contributed by atoms with E-state index < -0.39 is 11.9 Å². The standard InChI is InChI=1S/C12H12O4/c13-11(14)9-5-4-8(7-2-1-3-7)6-10(9)12(15)16/h4-7H,1-3H2,(H,13,14)(H,15,16). The highest BCUT2D eigenvalue weighted by atomic mass is 16.4. The summed E-state index contributed by atoms with van der Waals surface area (Å²) in [6.07, 6.45) is 3.28. The van der Waals surface area contributed by atoms with Crippen LogP contribution >= 0.6 is 0 Å². The lowest BCUT2D eigenvalue weighted by atomic mass is 9.79. The first kappa shape index (κ1) is 10.7. The fourth-order valence-corrected chi connectivity index (χ4v) is 1.92. The summed E-state index contributed by atoms with van der Waals surface area (Å²) in [7, 11) is 0. The summed E-state index contributed by atoms with van der Waals surface area (Å²) in [6.45, 7) is 0. The van der Waals surface area contributed by atoms with Crippen molar-refractivity contribution in [2.24, 2.45) is 0 Å². The second kappa shape index (κ2) is 3.96. The van der Waals surface area contributed by atoms with Gasteiger partial charge in [0.1, 0.15) is 0 Å². The first-order chi connectivity index (χ1) is 7.59. The summed E-state index contributed by atoms with van der Waals surface area (Å²) < 4.78 is 0. The second-order valence-electron chi connectivity index (χ2n) is 4.04. The first-order valence-electron chi connectivity index (χ1n) is 5.20. The van der Waals surface area contributed by atoms with Crippen molar-refractivity contribution in [3.8, 4) is 0 Å². The summed E-state index contributed by atoms with van der Waals surface area (Å²) in [5.74, 6) is -1.97. The van der Waals surface area contributed by atoms with Crippen molar-refractivity contribution in [1.82, 2.24) is 0 Å². The molecule has 0 aromatic heterocycles. The molecule has 0 spiro atoms. The number of hydrogen-bond donors (Lipinski definition) is 2. The van der Waals surface area contributed by atoms with Gasteiger partial charge in [-0.05, 0) is 36.5 Å². The summed E-state index contributed by atoms with van der Waals surface area (Å²) in [5.41, 5.74) is 0.682. The van der Waals surface area contributed by atoms with Gasteiger partial charge in [0.25, 0.3) is 0 Å². The van der Waals surface area contributed by atoms with Crippen LogP contribution in [-0.4, -0.2) is 22.2 Å². The lowest BCUT2D eigenvalue weighted by molar-refractivity contribution is 0.0651. The Morgan fingerprint density at radius 3 is 2.12 bits per heavy atom. The van der Waals surface area contributed by atoms with Gasteiger partial charge in [-0.2, -0.15) is 0 Å². The molecule has 16 heavy (non-hydrogen) atoms. The van der Waals surface area contributed by atoms with Gasteiger partial charge in [-0.1, -0.05) is 12.5 Å². The van der Waals surface area contributed by atoms with E-state index in [1.165, 1.54) is 12.1 Å². The van der Waals surface area contributed by atoms with Gasteiger partial charge in [0, 0.05) is 0 Å². The topological polar surface area (TPSA) is 74.6 Å². The molecule has 1 saturated carbocycles. The Labute approximate surface area is 92.5 Å². The molecule has 2 N–H and O–H groups in total. The van der Waals surface area contributed by atoms with Crippen LogP contribution < -0.4 is 0 Å². The van der Waals surface area contributed by atoms with Crippen molar-refractivity contribution in [2.45, 2.75) is 25.2 Å². The Morgan fingerprint density at radius 1 is 1.06 bits per heavy atom. The molecule has 0 unspecified atom stereocenters. The molecule has 0 amide bonds. The minimum absolute atomic E-state index is 0.114.